The summed E-state index contributed by atoms with van der Waals surface area (Å²) >= 11 is 12.3. The van der Waals surface area contributed by atoms with Crippen LogP contribution in [0.1, 0.15) is 22.6 Å². The number of nitrogens with zero attached hydrogens (tertiary/aromatic N) is 2. The number of benzene rings is 3. The minimum Gasteiger partial charge on any atom is -0.345 e. The fourth-order valence-electron chi connectivity index (χ4n) is 3.46. The van der Waals surface area contributed by atoms with Gasteiger partial charge < -0.3 is 4.98 Å². The highest BCUT2D eigenvalue weighted by molar-refractivity contribution is 6.36. The van der Waals surface area contributed by atoms with Gasteiger partial charge >= 0.3 is 0 Å². The van der Waals surface area contributed by atoms with Gasteiger partial charge in [0.1, 0.15) is 5.82 Å². The van der Waals surface area contributed by atoms with Crippen LogP contribution in [0.2, 0.25) is 10.0 Å². The van der Waals surface area contributed by atoms with Gasteiger partial charge in [0.25, 0.3) is 5.69 Å². The van der Waals surface area contributed by atoms with Gasteiger partial charge in [0.15, 0.2) is 17.5 Å². The molecule has 0 unspecified atom stereocenters. The second-order valence-electron chi connectivity index (χ2n) is 7.27. The lowest BCUT2D eigenvalue weighted by atomic mass is 9.96. The molecule has 3 aromatic carbocycles. The summed E-state index contributed by atoms with van der Waals surface area (Å²) in [5.41, 5.74) is 2.34. The Morgan fingerprint density at radius 1 is 0.909 bits per heavy atom. The number of nitro groups is 1. The normalized spacial score (nSPS) is 11.1. The predicted molar refractivity (Wildman–Crippen MR) is 119 cm³/mol. The Kier molecular flexibility index (Phi) is 6.40. The molecule has 4 rings (SSSR count). The molecular weight excluding hydrogens is 478 g/mol. The summed E-state index contributed by atoms with van der Waals surface area (Å²) in [6.45, 7) is 0. The lowest BCUT2D eigenvalue weighted by Crippen LogP contribution is -2.00. The molecule has 1 heterocycles. The molecule has 0 saturated carbocycles. The van der Waals surface area contributed by atoms with Gasteiger partial charge in [0.05, 0.1) is 4.92 Å². The highest BCUT2D eigenvalue weighted by Gasteiger charge is 2.17. The molecule has 0 bridgehead atoms. The van der Waals surface area contributed by atoms with Crippen molar-refractivity contribution in [2.45, 2.75) is 12.8 Å². The van der Waals surface area contributed by atoms with Crippen LogP contribution in [-0.2, 0) is 12.8 Å². The van der Waals surface area contributed by atoms with E-state index in [1.165, 1.54) is 18.3 Å². The number of nitro benzene ring substituents is 1. The Labute approximate surface area is 196 Å². The highest BCUT2D eigenvalue weighted by Crippen LogP contribution is 2.35. The van der Waals surface area contributed by atoms with Crippen molar-refractivity contribution in [3.8, 4) is 11.1 Å². The maximum absolute atomic E-state index is 14.0. The van der Waals surface area contributed by atoms with Gasteiger partial charge in [-0.1, -0.05) is 41.4 Å². The number of hydrogen-bond donors (Lipinski definition) is 1. The summed E-state index contributed by atoms with van der Waals surface area (Å²) in [6, 6.07) is 11.3. The van der Waals surface area contributed by atoms with E-state index in [2.05, 4.69) is 9.97 Å². The number of aromatic nitrogens is 2. The molecule has 0 aliphatic heterocycles. The van der Waals surface area contributed by atoms with Crippen molar-refractivity contribution in [1.29, 1.82) is 0 Å². The summed E-state index contributed by atoms with van der Waals surface area (Å²) in [5.74, 6) is -3.71. The van der Waals surface area contributed by atoms with E-state index in [1.54, 1.807) is 24.3 Å². The first-order chi connectivity index (χ1) is 15.7. The largest absolute Gasteiger partial charge is 0.345 e. The summed E-state index contributed by atoms with van der Waals surface area (Å²) in [5, 5.41) is 12.1. The first-order valence-corrected chi connectivity index (χ1v) is 10.4. The van der Waals surface area contributed by atoms with Gasteiger partial charge in [-0.2, -0.15) is 0 Å². The zero-order valence-electron chi connectivity index (χ0n) is 16.7. The van der Waals surface area contributed by atoms with Crippen molar-refractivity contribution >= 4 is 28.9 Å². The van der Waals surface area contributed by atoms with E-state index in [-0.39, 0.29) is 17.7 Å². The molecule has 0 spiro atoms. The van der Waals surface area contributed by atoms with Gasteiger partial charge in [0.2, 0.25) is 0 Å². The average Bonchev–Trinajstić information content (AvgIpc) is 3.21. The monoisotopic (exact) mass is 491 g/mol. The minimum absolute atomic E-state index is 0.0428. The maximum Gasteiger partial charge on any atom is 0.270 e. The Bertz CT molecular complexity index is 1380. The molecular formula is C23H14Cl2F3N3O2. The average molecular weight is 492 g/mol. The molecule has 33 heavy (non-hydrogen) atoms. The molecule has 0 amide bonds. The molecule has 1 aromatic heterocycles. The highest BCUT2D eigenvalue weighted by atomic mass is 35.5. The lowest BCUT2D eigenvalue weighted by Gasteiger charge is -2.11. The van der Waals surface area contributed by atoms with Crippen molar-refractivity contribution in [2.24, 2.45) is 0 Å². The van der Waals surface area contributed by atoms with Crippen LogP contribution in [0.3, 0.4) is 0 Å². The zero-order valence-corrected chi connectivity index (χ0v) is 18.2. The standard InChI is InChI=1S/C23H14Cl2F3N3O2/c24-14-3-5-17(19(25)9-14)18-10-16(31(32)33)4-1-12(18)7-15-11-29-21(30-15)8-13-2-6-20(26)23(28)22(13)27/h1-6,9-11H,7-8H2,(H,29,30). The number of aromatic amines is 1. The zero-order chi connectivity index (χ0) is 23.7. The number of halogens is 5. The number of hydrogen-bond acceptors (Lipinski definition) is 3. The van der Waals surface area contributed by atoms with Gasteiger partial charge in [-0.25, -0.2) is 18.2 Å². The minimum atomic E-state index is -1.53. The summed E-state index contributed by atoms with van der Waals surface area (Å²) in [7, 11) is 0. The van der Waals surface area contributed by atoms with Gasteiger partial charge in [-0.05, 0) is 34.9 Å². The third kappa shape index (κ3) is 4.86. The molecule has 0 atom stereocenters. The third-order valence-electron chi connectivity index (χ3n) is 5.06. The van der Waals surface area contributed by atoms with Crippen LogP contribution in [0, 0.1) is 27.6 Å². The van der Waals surface area contributed by atoms with Gasteiger partial charge in [-0.15, -0.1) is 0 Å². The molecule has 10 heteroatoms. The van der Waals surface area contributed by atoms with E-state index in [9.17, 15) is 23.3 Å². The second kappa shape index (κ2) is 9.25. The number of imidazole rings is 1. The van der Waals surface area contributed by atoms with Gasteiger partial charge in [-0.3, -0.25) is 10.1 Å². The van der Waals surface area contributed by atoms with Crippen LogP contribution in [0.5, 0.6) is 0 Å². The number of non-ortho nitro benzene ring substituents is 1. The number of nitrogens with one attached hydrogen (secondary N) is 1. The van der Waals surface area contributed by atoms with E-state index in [0.717, 1.165) is 17.7 Å². The smallest absolute Gasteiger partial charge is 0.270 e. The van der Waals surface area contributed by atoms with Crippen LogP contribution < -0.4 is 0 Å². The number of H-pyrrole nitrogens is 1. The van der Waals surface area contributed by atoms with Crippen molar-refractivity contribution < 1.29 is 18.1 Å². The van der Waals surface area contributed by atoms with Gasteiger partial charge in [0, 0.05) is 52.5 Å². The first kappa shape index (κ1) is 22.8. The van der Waals surface area contributed by atoms with Crippen LogP contribution in [0.4, 0.5) is 18.9 Å². The van der Waals surface area contributed by atoms with E-state index in [0.29, 0.717) is 39.1 Å². The van der Waals surface area contributed by atoms with E-state index < -0.39 is 22.4 Å². The molecule has 5 nitrogen and oxygen atoms in total. The van der Waals surface area contributed by atoms with E-state index in [4.69, 9.17) is 23.2 Å². The first-order valence-electron chi connectivity index (χ1n) is 9.61. The maximum atomic E-state index is 14.0. The Hall–Kier alpha value is -3.36. The summed E-state index contributed by atoms with van der Waals surface area (Å²) in [6.07, 6.45) is 1.76. The molecule has 0 saturated heterocycles. The Morgan fingerprint density at radius 3 is 2.39 bits per heavy atom. The fourth-order valence-corrected chi connectivity index (χ4v) is 3.97. The van der Waals surface area contributed by atoms with Crippen LogP contribution >= 0.6 is 23.2 Å². The Morgan fingerprint density at radius 2 is 1.67 bits per heavy atom. The fraction of sp³-hybridized carbons (Fsp3) is 0.0870. The molecule has 1 N–H and O–H groups in total. The second-order valence-corrected chi connectivity index (χ2v) is 8.11. The van der Waals surface area contributed by atoms with E-state index >= 15 is 0 Å². The van der Waals surface area contributed by atoms with Crippen molar-refractivity contribution in [3.63, 3.8) is 0 Å². The Balaban J connectivity index is 1.65. The number of rotatable bonds is 6. The van der Waals surface area contributed by atoms with Crippen LogP contribution in [0.15, 0.2) is 54.7 Å². The van der Waals surface area contributed by atoms with Crippen LogP contribution in [0.25, 0.3) is 11.1 Å². The topological polar surface area (TPSA) is 71.8 Å². The van der Waals surface area contributed by atoms with E-state index in [1.807, 2.05) is 0 Å². The van der Waals surface area contributed by atoms with Crippen molar-refractivity contribution in [1.82, 2.24) is 9.97 Å². The third-order valence-corrected chi connectivity index (χ3v) is 5.61. The molecule has 0 fully saturated rings. The van der Waals surface area contributed by atoms with Crippen molar-refractivity contribution in [3.05, 3.63) is 115 Å². The molecule has 0 aliphatic carbocycles. The molecule has 0 aliphatic rings. The molecule has 4 aromatic rings. The molecule has 168 valence electrons. The lowest BCUT2D eigenvalue weighted by molar-refractivity contribution is -0.384. The summed E-state index contributed by atoms with van der Waals surface area (Å²) in [4.78, 5) is 18.0. The quantitative estimate of drug-likeness (QED) is 0.181. The van der Waals surface area contributed by atoms with Crippen molar-refractivity contribution in [2.75, 3.05) is 0 Å². The SMILES string of the molecule is O=[N+]([O-])c1ccc(Cc2cnc(Cc3ccc(F)c(F)c3F)[nH]2)c(-c2ccc(Cl)cc2Cl)c1. The van der Waals surface area contributed by atoms with Crippen LogP contribution in [-0.4, -0.2) is 14.9 Å². The molecule has 0 radical (unpaired) electrons. The predicted octanol–water partition coefficient (Wildman–Crippen LogP) is 6.89. The summed E-state index contributed by atoms with van der Waals surface area (Å²) < 4.78 is 40.6.